The van der Waals surface area contributed by atoms with E-state index in [-0.39, 0.29) is 47.9 Å². The molecule has 25 heavy (non-hydrogen) atoms. The Hall–Kier alpha value is -2.66. The van der Waals surface area contributed by atoms with Crippen LogP contribution in [0.15, 0.2) is 24.0 Å². The molecule has 11 heteroatoms. The first-order valence-corrected chi connectivity index (χ1v) is 7.55. The molecule has 0 unspecified atom stereocenters. The van der Waals surface area contributed by atoms with Gasteiger partial charge in [-0.05, 0) is 12.2 Å². The predicted molar refractivity (Wildman–Crippen MR) is 93.3 cm³/mol. The number of nitrogens with two attached hydrogens (primary N) is 2. The summed E-state index contributed by atoms with van der Waals surface area (Å²) in [5.74, 6) is 3.78. The zero-order valence-electron chi connectivity index (χ0n) is 13.4. The molecule has 0 radical (unpaired) electrons. The number of carbonyl (C=O) groups is 1. The lowest BCUT2D eigenvalue weighted by Crippen LogP contribution is -2.31. The zero-order valence-corrected chi connectivity index (χ0v) is 14.2. The maximum Gasteiger partial charge on any atom is 0.256 e. The van der Waals surface area contributed by atoms with Gasteiger partial charge in [0.05, 0.1) is 32.6 Å². The van der Waals surface area contributed by atoms with Gasteiger partial charge in [0.15, 0.2) is 11.6 Å². The number of ether oxygens (including phenoxy) is 1. The first-order chi connectivity index (χ1) is 11.8. The summed E-state index contributed by atoms with van der Waals surface area (Å²) in [7, 11) is 1.40. The molecule has 1 aromatic rings. The van der Waals surface area contributed by atoms with Gasteiger partial charge in [0.25, 0.3) is 5.17 Å². The Kier molecular flexibility index (Phi) is 5.93. The second-order valence-electron chi connectivity index (χ2n) is 5.17. The number of amides is 1. The number of methoxy groups -OCH3 is 1. The van der Waals surface area contributed by atoms with Crippen molar-refractivity contribution in [2.75, 3.05) is 36.8 Å². The first-order valence-electron chi connectivity index (χ1n) is 7.14. The van der Waals surface area contributed by atoms with Crippen molar-refractivity contribution in [2.24, 2.45) is 11.6 Å². The van der Waals surface area contributed by atoms with Crippen LogP contribution in [0.4, 0.5) is 20.2 Å². The van der Waals surface area contributed by atoms with Gasteiger partial charge >= 0.3 is 0 Å². The van der Waals surface area contributed by atoms with Crippen molar-refractivity contribution in [1.29, 1.82) is 0 Å². The molecule has 8 nitrogen and oxygen atoms in total. The third-order valence-electron chi connectivity index (χ3n) is 3.34. The van der Waals surface area contributed by atoms with Crippen molar-refractivity contribution in [2.45, 2.75) is 0 Å². The quantitative estimate of drug-likeness (QED) is 0.321. The molecule has 1 amide bonds. The van der Waals surface area contributed by atoms with E-state index in [1.165, 1.54) is 18.2 Å². The highest BCUT2D eigenvalue weighted by atomic mass is 32.1. The van der Waals surface area contributed by atoms with Gasteiger partial charge in [0.2, 0.25) is 5.91 Å². The molecule has 2 rings (SSSR count). The summed E-state index contributed by atoms with van der Waals surface area (Å²) in [6, 6.07) is 2.11. The fourth-order valence-electron chi connectivity index (χ4n) is 2.18. The number of benzene rings is 1. The number of carbonyl (C=O) groups excluding carboxylic acids is 1. The Bertz CT molecular complexity index is 692. The van der Waals surface area contributed by atoms with Crippen molar-refractivity contribution in [3.05, 3.63) is 35.7 Å². The number of hydrazine groups is 1. The number of nitrogens with zero attached hydrogens (tertiary/aromatic N) is 2. The SMILES string of the molecule is COC(=S)NC/C(N)=C/N(N)c1cc(F)c(N2CNC(=O)C2)c(F)c1. The van der Waals surface area contributed by atoms with E-state index in [2.05, 4.69) is 10.6 Å². The van der Waals surface area contributed by atoms with Gasteiger partial charge in [0, 0.05) is 24.0 Å². The predicted octanol–water partition coefficient (Wildman–Crippen LogP) is -0.140. The highest BCUT2D eigenvalue weighted by molar-refractivity contribution is 7.80. The van der Waals surface area contributed by atoms with Crippen LogP contribution in [0.25, 0.3) is 0 Å². The van der Waals surface area contributed by atoms with E-state index in [1.54, 1.807) is 0 Å². The summed E-state index contributed by atoms with van der Waals surface area (Å²) >= 11 is 4.80. The average molecular weight is 372 g/mol. The number of rotatable bonds is 5. The standard InChI is InChI=1S/C14H18F2N6O2S/c1-24-14(25)19-4-8(17)5-22(18)9-2-10(15)13(11(16)3-9)21-6-12(23)20-7-21/h2-3,5H,4,6-7,17-18H2,1H3,(H,19,25)(H,20,23)/b8-5-. The minimum absolute atomic E-state index is 0.0380. The number of anilines is 2. The molecule has 0 spiro atoms. The lowest BCUT2D eigenvalue weighted by Gasteiger charge is -2.20. The molecule has 1 aliphatic rings. The van der Waals surface area contributed by atoms with Gasteiger partial charge in [-0.1, -0.05) is 0 Å². The van der Waals surface area contributed by atoms with Crippen molar-refractivity contribution < 1.29 is 18.3 Å². The summed E-state index contributed by atoms with van der Waals surface area (Å²) in [4.78, 5) is 12.5. The lowest BCUT2D eigenvalue weighted by atomic mass is 10.2. The second-order valence-corrected chi connectivity index (χ2v) is 5.54. The van der Waals surface area contributed by atoms with Crippen molar-refractivity contribution >= 4 is 34.7 Å². The Balaban J connectivity index is 2.14. The minimum Gasteiger partial charge on any atom is -0.474 e. The number of hydrogen-bond acceptors (Lipinski definition) is 7. The van der Waals surface area contributed by atoms with E-state index in [0.717, 1.165) is 17.1 Å². The molecular formula is C14H18F2N6O2S. The fraction of sp³-hybridized carbons (Fsp3) is 0.286. The highest BCUT2D eigenvalue weighted by Gasteiger charge is 2.25. The van der Waals surface area contributed by atoms with Gasteiger partial charge in [-0.25, -0.2) is 14.6 Å². The van der Waals surface area contributed by atoms with Crippen LogP contribution in [0, 0.1) is 11.6 Å². The molecular weight excluding hydrogens is 354 g/mol. The summed E-state index contributed by atoms with van der Waals surface area (Å²) in [6.07, 6.45) is 1.29. The van der Waals surface area contributed by atoms with E-state index in [1.807, 2.05) is 0 Å². The molecule has 1 heterocycles. The van der Waals surface area contributed by atoms with Crippen LogP contribution in [-0.4, -0.2) is 37.9 Å². The van der Waals surface area contributed by atoms with Crippen LogP contribution < -0.4 is 32.1 Å². The van der Waals surface area contributed by atoms with Crippen molar-refractivity contribution in [3.63, 3.8) is 0 Å². The summed E-state index contributed by atoms with van der Waals surface area (Å²) < 4.78 is 33.3. The van der Waals surface area contributed by atoms with Crippen LogP contribution in [0.3, 0.4) is 0 Å². The molecule has 1 aromatic carbocycles. The number of hydrogen-bond donors (Lipinski definition) is 4. The van der Waals surface area contributed by atoms with Crippen molar-refractivity contribution in [3.8, 4) is 0 Å². The van der Waals surface area contributed by atoms with Gasteiger partial charge in [-0.2, -0.15) is 0 Å². The molecule has 1 fully saturated rings. The molecule has 6 N–H and O–H groups in total. The topological polar surface area (TPSA) is 109 Å². The van der Waals surface area contributed by atoms with Gasteiger partial charge in [-0.15, -0.1) is 0 Å². The smallest absolute Gasteiger partial charge is 0.256 e. The Morgan fingerprint density at radius 1 is 1.52 bits per heavy atom. The Morgan fingerprint density at radius 3 is 2.68 bits per heavy atom. The fourth-order valence-corrected chi connectivity index (χ4v) is 2.25. The van der Waals surface area contributed by atoms with Gasteiger partial charge in [0.1, 0.15) is 5.69 Å². The van der Waals surface area contributed by atoms with E-state index < -0.39 is 11.6 Å². The van der Waals surface area contributed by atoms with E-state index in [4.69, 9.17) is 28.5 Å². The minimum atomic E-state index is -0.840. The Morgan fingerprint density at radius 2 is 2.16 bits per heavy atom. The number of halogens is 2. The molecule has 0 saturated carbocycles. The van der Waals surface area contributed by atoms with Gasteiger partial charge < -0.3 is 26.0 Å². The molecule has 1 aliphatic heterocycles. The molecule has 0 bridgehead atoms. The Labute approximate surface area is 148 Å². The maximum absolute atomic E-state index is 14.3. The van der Waals surface area contributed by atoms with E-state index in [0.29, 0.717) is 0 Å². The molecule has 0 aromatic heterocycles. The molecule has 136 valence electrons. The highest BCUT2D eigenvalue weighted by Crippen LogP contribution is 2.28. The average Bonchev–Trinajstić information content (AvgIpc) is 2.97. The lowest BCUT2D eigenvalue weighted by molar-refractivity contribution is -0.118. The van der Waals surface area contributed by atoms with E-state index in [9.17, 15) is 13.6 Å². The monoisotopic (exact) mass is 372 g/mol. The number of thiocarbonyl (C=S) groups is 1. The van der Waals surface area contributed by atoms with Crippen LogP contribution in [0.2, 0.25) is 0 Å². The largest absolute Gasteiger partial charge is 0.474 e. The third kappa shape index (κ3) is 4.67. The van der Waals surface area contributed by atoms with Crippen molar-refractivity contribution in [1.82, 2.24) is 10.6 Å². The van der Waals surface area contributed by atoms with Crippen LogP contribution in [0.1, 0.15) is 0 Å². The van der Waals surface area contributed by atoms with Gasteiger partial charge in [-0.3, -0.25) is 9.80 Å². The summed E-state index contributed by atoms with van der Waals surface area (Å²) in [6.45, 7) is 0.0682. The second kappa shape index (κ2) is 7.94. The van der Waals surface area contributed by atoms with Crippen LogP contribution in [0.5, 0.6) is 0 Å². The molecule has 0 atom stereocenters. The molecule has 0 aliphatic carbocycles. The normalized spacial score (nSPS) is 14.3. The van der Waals surface area contributed by atoms with Crippen LogP contribution in [-0.2, 0) is 9.53 Å². The maximum atomic E-state index is 14.3. The summed E-state index contributed by atoms with van der Waals surface area (Å²) in [5.41, 5.74) is 5.78. The first kappa shape index (κ1) is 18.7. The number of nitrogens with one attached hydrogen (secondary N) is 2. The van der Waals surface area contributed by atoms with E-state index >= 15 is 0 Å². The summed E-state index contributed by atoms with van der Waals surface area (Å²) in [5, 5.41) is 6.31. The molecule has 1 saturated heterocycles. The third-order valence-corrected chi connectivity index (χ3v) is 3.66. The van der Waals surface area contributed by atoms with Crippen LogP contribution >= 0.6 is 12.2 Å². The zero-order chi connectivity index (χ0) is 18.6.